The molecule has 0 aromatic heterocycles. The predicted molar refractivity (Wildman–Crippen MR) is 68.7 cm³/mol. The lowest BCUT2D eigenvalue weighted by atomic mass is 9.94. The molecule has 4 nitrogen and oxygen atoms in total. The van der Waals surface area contributed by atoms with Gasteiger partial charge in [0.05, 0.1) is 13.0 Å². The van der Waals surface area contributed by atoms with Crippen LogP contribution in [0.3, 0.4) is 0 Å². The van der Waals surface area contributed by atoms with Gasteiger partial charge in [-0.15, -0.1) is 12.4 Å². The first-order valence-electron chi connectivity index (χ1n) is 5.16. The number of nitrogens with two attached hydrogens (primary N) is 1. The van der Waals surface area contributed by atoms with Gasteiger partial charge in [-0.05, 0) is 31.0 Å². The van der Waals surface area contributed by atoms with E-state index in [1.54, 1.807) is 14.0 Å². The number of aliphatic carboxylic acids is 1. The van der Waals surface area contributed by atoms with E-state index in [1.165, 1.54) is 0 Å². The van der Waals surface area contributed by atoms with E-state index in [9.17, 15) is 4.79 Å². The Bertz CT molecular complexity index is 351. The van der Waals surface area contributed by atoms with E-state index >= 15 is 0 Å². The molecule has 0 bridgehead atoms. The van der Waals surface area contributed by atoms with Crippen molar-refractivity contribution in [1.29, 1.82) is 0 Å². The molecule has 1 aromatic carbocycles. The molecule has 1 rings (SSSR count). The Hall–Kier alpha value is -1.26. The van der Waals surface area contributed by atoms with Crippen molar-refractivity contribution in [2.24, 2.45) is 11.7 Å². The van der Waals surface area contributed by atoms with Gasteiger partial charge in [0.1, 0.15) is 5.75 Å². The highest BCUT2D eigenvalue weighted by Gasteiger charge is 2.21. The van der Waals surface area contributed by atoms with Crippen molar-refractivity contribution in [2.45, 2.75) is 19.4 Å². The number of benzene rings is 1. The highest BCUT2D eigenvalue weighted by atomic mass is 35.5. The lowest BCUT2D eigenvalue weighted by molar-refractivity contribution is -0.142. The monoisotopic (exact) mass is 259 g/mol. The number of methoxy groups -OCH3 is 1. The minimum absolute atomic E-state index is 0. The van der Waals surface area contributed by atoms with E-state index in [0.29, 0.717) is 6.42 Å². The molecule has 96 valence electrons. The summed E-state index contributed by atoms with van der Waals surface area (Å²) in [5, 5.41) is 9.00. The Balaban J connectivity index is 0.00000256. The van der Waals surface area contributed by atoms with E-state index in [2.05, 4.69) is 0 Å². The van der Waals surface area contributed by atoms with Crippen molar-refractivity contribution in [3.63, 3.8) is 0 Å². The lowest BCUT2D eigenvalue weighted by Gasteiger charge is -2.16. The van der Waals surface area contributed by atoms with Crippen molar-refractivity contribution < 1.29 is 14.6 Å². The molecular weight excluding hydrogens is 242 g/mol. The topological polar surface area (TPSA) is 72.5 Å². The summed E-state index contributed by atoms with van der Waals surface area (Å²) >= 11 is 0. The highest BCUT2D eigenvalue weighted by molar-refractivity contribution is 5.85. The van der Waals surface area contributed by atoms with E-state index in [-0.39, 0.29) is 18.4 Å². The Kier molecular flexibility index (Phi) is 6.61. The molecule has 0 spiro atoms. The zero-order valence-electron chi connectivity index (χ0n) is 9.92. The summed E-state index contributed by atoms with van der Waals surface area (Å²) in [5.74, 6) is -0.643. The average molecular weight is 260 g/mol. The fourth-order valence-corrected chi connectivity index (χ4v) is 1.51. The number of rotatable bonds is 5. The van der Waals surface area contributed by atoms with Crippen LogP contribution in [0.15, 0.2) is 24.3 Å². The van der Waals surface area contributed by atoms with Crippen LogP contribution in [-0.4, -0.2) is 24.2 Å². The zero-order chi connectivity index (χ0) is 12.1. The fourth-order valence-electron chi connectivity index (χ4n) is 1.51. The van der Waals surface area contributed by atoms with Gasteiger partial charge in [0.25, 0.3) is 0 Å². The van der Waals surface area contributed by atoms with Crippen LogP contribution in [0.2, 0.25) is 0 Å². The molecular formula is C12H18ClNO3. The Morgan fingerprint density at radius 2 is 1.94 bits per heavy atom. The Morgan fingerprint density at radius 3 is 2.29 bits per heavy atom. The molecule has 5 heteroatoms. The van der Waals surface area contributed by atoms with Gasteiger partial charge in [-0.2, -0.15) is 0 Å². The number of hydrogen-bond donors (Lipinski definition) is 2. The molecule has 3 N–H and O–H groups in total. The second-order valence-corrected chi connectivity index (χ2v) is 3.86. The summed E-state index contributed by atoms with van der Waals surface area (Å²) < 4.78 is 5.03. The number of halogens is 1. The quantitative estimate of drug-likeness (QED) is 0.844. The normalized spacial score (nSPS) is 13.4. The first-order chi connectivity index (χ1) is 7.54. The molecule has 0 radical (unpaired) electrons. The third-order valence-corrected chi connectivity index (χ3v) is 2.57. The molecule has 0 aliphatic heterocycles. The van der Waals surface area contributed by atoms with Gasteiger partial charge in [0.2, 0.25) is 0 Å². The van der Waals surface area contributed by atoms with Crippen LogP contribution in [0, 0.1) is 5.92 Å². The summed E-state index contributed by atoms with van der Waals surface area (Å²) in [6.07, 6.45) is 0.441. The Morgan fingerprint density at radius 1 is 1.41 bits per heavy atom. The van der Waals surface area contributed by atoms with E-state index in [1.807, 2.05) is 24.3 Å². The van der Waals surface area contributed by atoms with Crippen molar-refractivity contribution in [3.8, 4) is 5.75 Å². The smallest absolute Gasteiger partial charge is 0.308 e. The van der Waals surface area contributed by atoms with Gasteiger partial charge < -0.3 is 15.6 Å². The van der Waals surface area contributed by atoms with Crippen LogP contribution in [-0.2, 0) is 11.2 Å². The van der Waals surface area contributed by atoms with Crippen LogP contribution in [0.1, 0.15) is 12.5 Å². The minimum Gasteiger partial charge on any atom is -0.497 e. The van der Waals surface area contributed by atoms with E-state index < -0.39 is 11.9 Å². The van der Waals surface area contributed by atoms with Crippen molar-refractivity contribution >= 4 is 18.4 Å². The molecule has 0 fully saturated rings. The predicted octanol–water partition coefficient (Wildman–Crippen LogP) is 1.71. The van der Waals surface area contributed by atoms with Gasteiger partial charge >= 0.3 is 5.97 Å². The zero-order valence-corrected chi connectivity index (χ0v) is 10.7. The fraction of sp³-hybridized carbons (Fsp3) is 0.417. The number of ether oxygens (including phenoxy) is 1. The molecule has 0 aliphatic rings. The molecule has 0 saturated heterocycles. The van der Waals surface area contributed by atoms with Gasteiger partial charge in [-0.25, -0.2) is 0 Å². The second kappa shape index (κ2) is 7.14. The maximum Gasteiger partial charge on any atom is 0.308 e. The van der Waals surface area contributed by atoms with Gasteiger partial charge in [0.15, 0.2) is 0 Å². The first kappa shape index (κ1) is 15.7. The van der Waals surface area contributed by atoms with Crippen LogP contribution in [0.5, 0.6) is 5.75 Å². The molecule has 0 saturated carbocycles. The summed E-state index contributed by atoms with van der Waals surface area (Å²) in [4.78, 5) is 11.0. The minimum atomic E-state index is -0.856. The van der Waals surface area contributed by atoms with Gasteiger partial charge in [-0.3, -0.25) is 4.79 Å². The van der Waals surface area contributed by atoms with Crippen molar-refractivity contribution in [1.82, 2.24) is 0 Å². The number of hydrogen-bond acceptors (Lipinski definition) is 3. The molecule has 0 heterocycles. The molecule has 1 aromatic rings. The standard InChI is InChI=1S/C12H17NO3.ClH/c1-8(13)11(12(14)15)7-9-3-5-10(16-2)6-4-9;/h3-6,8,11H,7,13H2,1-2H3,(H,14,15);1H/t8-,11+;/m1./s1. The highest BCUT2D eigenvalue weighted by Crippen LogP contribution is 2.16. The maximum atomic E-state index is 11.0. The van der Waals surface area contributed by atoms with Gasteiger partial charge in [-0.1, -0.05) is 12.1 Å². The van der Waals surface area contributed by atoms with Crippen LogP contribution in [0.25, 0.3) is 0 Å². The second-order valence-electron chi connectivity index (χ2n) is 3.86. The number of carbonyl (C=O) groups is 1. The molecule has 0 unspecified atom stereocenters. The molecule has 2 atom stereocenters. The molecule has 0 aliphatic carbocycles. The summed E-state index contributed by atoms with van der Waals surface area (Å²) in [5.41, 5.74) is 6.59. The summed E-state index contributed by atoms with van der Waals surface area (Å²) in [6.45, 7) is 1.71. The van der Waals surface area contributed by atoms with Crippen molar-refractivity contribution in [3.05, 3.63) is 29.8 Å². The van der Waals surface area contributed by atoms with Gasteiger partial charge in [0, 0.05) is 6.04 Å². The van der Waals surface area contributed by atoms with Crippen LogP contribution < -0.4 is 10.5 Å². The Labute approximate surface area is 107 Å². The summed E-state index contributed by atoms with van der Waals surface area (Å²) in [6, 6.07) is 6.98. The lowest BCUT2D eigenvalue weighted by Crippen LogP contribution is -2.34. The van der Waals surface area contributed by atoms with E-state index in [4.69, 9.17) is 15.6 Å². The summed E-state index contributed by atoms with van der Waals surface area (Å²) in [7, 11) is 1.59. The average Bonchev–Trinajstić information content (AvgIpc) is 2.25. The van der Waals surface area contributed by atoms with Crippen LogP contribution in [0.4, 0.5) is 0 Å². The maximum absolute atomic E-state index is 11.0. The van der Waals surface area contributed by atoms with Crippen molar-refractivity contribution in [2.75, 3.05) is 7.11 Å². The SMILES string of the molecule is COc1ccc(C[C@H](C(=O)O)[C@@H](C)N)cc1.Cl. The van der Waals surface area contributed by atoms with E-state index in [0.717, 1.165) is 11.3 Å². The number of carboxylic acids is 1. The third kappa shape index (κ3) is 4.63. The molecule has 0 amide bonds. The molecule has 17 heavy (non-hydrogen) atoms. The largest absolute Gasteiger partial charge is 0.497 e. The number of carboxylic acid groups (broad SMARTS) is 1. The first-order valence-corrected chi connectivity index (χ1v) is 5.16. The van der Waals surface area contributed by atoms with Crippen LogP contribution >= 0.6 is 12.4 Å². The third-order valence-electron chi connectivity index (χ3n) is 2.57.